The maximum absolute atomic E-state index is 13.3. The molecule has 27 heavy (non-hydrogen) atoms. The maximum Gasteiger partial charge on any atom is 0.315 e. The lowest BCUT2D eigenvalue weighted by Crippen LogP contribution is -2.44. The van der Waals surface area contributed by atoms with Gasteiger partial charge in [0, 0.05) is 19.7 Å². The number of piperidine rings is 1. The minimum absolute atomic E-state index is 0.0630. The number of halogens is 1. The van der Waals surface area contributed by atoms with Crippen LogP contribution in [0.25, 0.3) is 0 Å². The average Bonchev–Trinajstić information content (AvgIpc) is 3.21. The summed E-state index contributed by atoms with van der Waals surface area (Å²) < 4.78 is 19.0. The Labute approximate surface area is 161 Å². The summed E-state index contributed by atoms with van der Waals surface area (Å²) in [4.78, 5) is 15.0. The van der Waals surface area contributed by atoms with Crippen LogP contribution in [0.1, 0.15) is 50.6 Å². The maximum atomic E-state index is 13.3. The highest BCUT2D eigenvalue weighted by Gasteiger charge is 2.29. The van der Waals surface area contributed by atoms with Gasteiger partial charge >= 0.3 is 6.03 Å². The van der Waals surface area contributed by atoms with Gasteiger partial charge in [0.25, 0.3) is 0 Å². The van der Waals surface area contributed by atoms with Gasteiger partial charge in [-0.05, 0) is 62.4 Å². The summed E-state index contributed by atoms with van der Waals surface area (Å²) in [7, 11) is 0. The van der Waals surface area contributed by atoms with Gasteiger partial charge in [-0.3, -0.25) is 0 Å². The Morgan fingerprint density at radius 3 is 2.63 bits per heavy atom. The SMILES string of the molecule is C[C@H](CNC(=O)N[C@H](c1ccc(F)cc1)[C@@H]1CCCO1)CN1CCCCC1. The molecule has 3 rings (SSSR count). The number of hydrogen-bond acceptors (Lipinski definition) is 3. The van der Waals surface area contributed by atoms with E-state index < -0.39 is 0 Å². The molecule has 150 valence electrons. The van der Waals surface area contributed by atoms with E-state index in [1.807, 2.05) is 0 Å². The van der Waals surface area contributed by atoms with Gasteiger partial charge < -0.3 is 20.3 Å². The first-order valence-corrected chi connectivity index (χ1v) is 10.3. The van der Waals surface area contributed by atoms with Crippen molar-refractivity contribution in [2.75, 3.05) is 32.8 Å². The number of rotatable bonds is 7. The fraction of sp³-hybridized carbons (Fsp3) is 0.667. The second-order valence-electron chi connectivity index (χ2n) is 7.90. The first kappa shape index (κ1) is 20.1. The van der Waals surface area contributed by atoms with Crippen LogP contribution in [-0.2, 0) is 4.74 Å². The first-order valence-electron chi connectivity index (χ1n) is 10.3. The second-order valence-corrected chi connectivity index (χ2v) is 7.90. The monoisotopic (exact) mass is 377 g/mol. The van der Waals surface area contributed by atoms with Gasteiger partial charge in [-0.1, -0.05) is 25.5 Å². The van der Waals surface area contributed by atoms with E-state index in [0.29, 0.717) is 19.1 Å². The van der Waals surface area contributed by atoms with E-state index in [1.54, 1.807) is 12.1 Å². The number of urea groups is 1. The fourth-order valence-electron chi connectivity index (χ4n) is 4.03. The Kier molecular flexibility index (Phi) is 7.47. The number of nitrogens with zero attached hydrogens (tertiary/aromatic N) is 1. The molecule has 2 amide bonds. The van der Waals surface area contributed by atoms with Gasteiger partial charge in [0.2, 0.25) is 0 Å². The third-order valence-electron chi connectivity index (χ3n) is 5.48. The number of likely N-dealkylation sites (tertiary alicyclic amines) is 1. The van der Waals surface area contributed by atoms with Gasteiger partial charge in [0.1, 0.15) is 5.82 Å². The van der Waals surface area contributed by atoms with Crippen molar-refractivity contribution in [1.82, 2.24) is 15.5 Å². The highest BCUT2D eigenvalue weighted by Crippen LogP contribution is 2.27. The van der Waals surface area contributed by atoms with Crippen LogP contribution < -0.4 is 10.6 Å². The molecule has 0 spiro atoms. The van der Waals surface area contributed by atoms with Gasteiger partial charge in [0.15, 0.2) is 0 Å². The van der Waals surface area contributed by atoms with E-state index in [2.05, 4.69) is 22.5 Å². The van der Waals surface area contributed by atoms with Crippen molar-refractivity contribution in [3.63, 3.8) is 0 Å². The number of nitrogens with one attached hydrogen (secondary N) is 2. The average molecular weight is 378 g/mol. The zero-order valence-corrected chi connectivity index (χ0v) is 16.3. The fourth-order valence-corrected chi connectivity index (χ4v) is 4.03. The second kappa shape index (κ2) is 10.0. The van der Waals surface area contributed by atoms with E-state index in [0.717, 1.165) is 24.9 Å². The van der Waals surface area contributed by atoms with Crippen LogP contribution in [0.5, 0.6) is 0 Å². The zero-order chi connectivity index (χ0) is 19.1. The number of ether oxygens (including phenoxy) is 1. The molecule has 0 saturated carbocycles. The summed E-state index contributed by atoms with van der Waals surface area (Å²) in [5.74, 6) is 0.127. The Hall–Kier alpha value is -1.66. The lowest BCUT2D eigenvalue weighted by atomic mass is 9.99. The molecule has 2 fully saturated rings. The van der Waals surface area contributed by atoms with E-state index in [-0.39, 0.29) is 24.0 Å². The van der Waals surface area contributed by atoms with Crippen LogP contribution in [0.15, 0.2) is 24.3 Å². The summed E-state index contributed by atoms with van der Waals surface area (Å²) in [6.45, 7) is 6.88. The molecule has 2 saturated heterocycles. The number of hydrogen-bond donors (Lipinski definition) is 2. The number of carbonyl (C=O) groups is 1. The number of benzene rings is 1. The molecule has 6 heteroatoms. The minimum Gasteiger partial charge on any atom is -0.376 e. The normalized spacial score (nSPS) is 23.0. The molecular weight excluding hydrogens is 345 g/mol. The molecule has 0 unspecified atom stereocenters. The van der Waals surface area contributed by atoms with Crippen LogP contribution in [0.2, 0.25) is 0 Å². The third-order valence-corrected chi connectivity index (χ3v) is 5.48. The molecule has 3 atom stereocenters. The molecular formula is C21H32FN3O2. The molecule has 2 aliphatic rings. The van der Waals surface area contributed by atoms with Crippen molar-refractivity contribution in [3.05, 3.63) is 35.6 Å². The number of carbonyl (C=O) groups excluding carboxylic acids is 1. The molecule has 2 heterocycles. The smallest absolute Gasteiger partial charge is 0.315 e. The van der Waals surface area contributed by atoms with Gasteiger partial charge in [0.05, 0.1) is 12.1 Å². The summed E-state index contributed by atoms with van der Waals surface area (Å²) >= 11 is 0. The molecule has 2 N–H and O–H groups in total. The van der Waals surface area contributed by atoms with Crippen molar-refractivity contribution in [2.24, 2.45) is 5.92 Å². The van der Waals surface area contributed by atoms with E-state index in [4.69, 9.17) is 4.74 Å². The standard InChI is InChI=1S/C21H32FN3O2/c1-16(15-25-11-3-2-4-12-25)14-23-21(26)24-20(19-6-5-13-27-19)17-7-9-18(22)10-8-17/h7-10,16,19-20H,2-6,11-15H2,1H3,(H2,23,24,26)/t16-,19+,20-/m1/s1. The van der Waals surface area contributed by atoms with Crippen LogP contribution in [0.3, 0.4) is 0 Å². The van der Waals surface area contributed by atoms with Crippen molar-refractivity contribution >= 4 is 6.03 Å². The van der Waals surface area contributed by atoms with Gasteiger partial charge in [-0.15, -0.1) is 0 Å². The Morgan fingerprint density at radius 1 is 1.22 bits per heavy atom. The third kappa shape index (κ3) is 6.18. The minimum atomic E-state index is -0.277. The summed E-state index contributed by atoms with van der Waals surface area (Å²) in [6, 6.07) is 5.85. The molecule has 1 aromatic carbocycles. The topological polar surface area (TPSA) is 53.6 Å². The lowest BCUT2D eigenvalue weighted by Gasteiger charge is -2.29. The Morgan fingerprint density at radius 2 is 1.96 bits per heavy atom. The largest absolute Gasteiger partial charge is 0.376 e. The van der Waals surface area contributed by atoms with Crippen LogP contribution in [-0.4, -0.2) is 49.8 Å². The molecule has 0 radical (unpaired) electrons. The van der Waals surface area contributed by atoms with E-state index >= 15 is 0 Å². The predicted molar refractivity (Wildman–Crippen MR) is 104 cm³/mol. The molecule has 0 bridgehead atoms. The van der Waals surface area contributed by atoms with Crippen molar-refractivity contribution in [1.29, 1.82) is 0 Å². The molecule has 2 aliphatic heterocycles. The Balaban J connectivity index is 1.50. The zero-order valence-electron chi connectivity index (χ0n) is 16.3. The van der Waals surface area contributed by atoms with Crippen LogP contribution in [0, 0.1) is 11.7 Å². The Bertz CT molecular complexity index is 584. The molecule has 1 aromatic rings. The first-order chi connectivity index (χ1) is 13.1. The van der Waals surface area contributed by atoms with Crippen molar-refractivity contribution in [3.8, 4) is 0 Å². The number of amides is 2. The van der Waals surface area contributed by atoms with Crippen molar-refractivity contribution in [2.45, 2.75) is 51.2 Å². The lowest BCUT2D eigenvalue weighted by molar-refractivity contribution is 0.0806. The van der Waals surface area contributed by atoms with Gasteiger partial charge in [-0.2, -0.15) is 0 Å². The predicted octanol–water partition coefficient (Wildman–Crippen LogP) is 3.47. The highest BCUT2D eigenvalue weighted by atomic mass is 19.1. The van der Waals surface area contributed by atoms with Crippen LogP contribution in [0.4, 0.5) is 9.18 Å². The molecule has 0 aliphatic carbocycles. The van der Waals surface area contributed by atoms with Gasteiger partial charge in [-0.25, -0.2) is 9.18 Å². The van der Waals surface area contributed by atoms with Crippen LogP contribution >= 0.6 is 0 Å². The summed E-state index contributed by atoms with van der Waals surface area (Å²) in [5, 5.41) is 6.04. The van der Waals surface area contributed by atoms with E-state index in [1.165, 1.54) is 44.5 Å². The molecule has 0 aromatic heterocycles. The van der Waals surface area contributed by atoms with E-state index in [9.17, 15) is 9.18 Å². The highest BCUT2D eigenvalue weighted by molar-refractivity contribution is 5.74. The molecule has 5 nitrogen and oxygen atoms in total. The van der Waals surface area contributed by atoms with Crippen molar-refractivity contribution < 1.29 is 13.9 Å². The quantitative estimate of drug-likeness (QED) is 0.765. The summed E-state index contributed by atoms with van der Waals surface area (Å²) in [6.07, 6.45) is 5.71. The summed E-state index contributed by atoms with van der Waals surface area (Å²) in [5.41, 5.74) is 0.875.